The van der Waals surface area contributed by atoms with Crippen molar-refractivity contribution < 1.29 is 9.21 Å². The smallest absolute Gasteiger partial charge is 0.250 e. The number of hydrogen-bond acceptors (Lipinski definition) is 5. The molecule has 1 amide bonds. The van der Waals surface area contributed by atoms with Crippen LogP contribution in [0.1, 0.15) is 25.0 Å². The lowest BCUT2D eigenvalue weighted by Gasteiger charge is -2.25. The summed E-state index contributed by atoms with van der Waals surface area (Å²) in [6.07, 6.45) is 5.21. The van der Waals surface area contributed by atoms with Crippen LogP contribution in [0.3, 0.4) is 0 Å². The summed E-state index contributed by atoms with van der Waals surface area (Å²) in [6.45, 7) is 2.06. The standard InChI is InChI=1S/C18H20ClN3O2S/c19-14-4-7-16(8-5-14)25-13-17(23)21-20-12-15-6-9-18(24-15)22-10-2-1-3-11-22/h4-9,12H,1-3,10-11,13H2,(H,21,23)/b20-12-. The minimum absolute atomic E-state index is 0.168. The molecule has 1 N–H and O–H groups in total. The number of amides is 1. The number of halogens is 1. The van der Waals surface area contributed by atoms with Crippen LogP contribution in [0.15, 0.2) is 50.8 Å². The van der Waals surface area contributed by atoms with E-state index in [0.29, 0.717) is 10.8 Å². The number of thioether (sulfide) groups is 1. The van der Waals surface area contributed by atoms with Gasteiger partial charge in [0.1, 0.15) is 5.76 Å². The van der Waals surface area contributed by atoms with E-state index in [2.05, 4.69) is 15.4 Å². The summed E-state index contributed by atoms with van der Waals surface area (Å²) in [5.41, 5.74) is 2.51. The summed E-state index contributed by atoms with van der Waals surface area (Å²) < 4.78 is 5.75. The highest BCUT2D eigenvalue weighted by Crippen LogP contribution is 2.22. The second kappa shape index (κ2) is 8.97. The summed E-state index contributed by atoms with van der Waals surface area (Å²) in [5, 5.41) is 4.64. The fourth-order valence-electron chi connectivity index (χ4n) is 2.58. The Labute approximate surface area is 156 Å². The monoisotopic (exact) mass is 377 g/mol. The Morgan fingerprint density at radius 3 is 2.72 bits per heavy atom. The van der Waals surface area contributed by atoms with Gasteiger partial charge in [0.15, 0.2) is 5.88 Å². The van der Waals surface area contributed by atoms with E-state index in [-0.39, 0.29) is 11.7 Å². The fraction of sp³-hybridized carbons (Fsp3) is 0.333. The van der Waals surface area contributed by atoms with Crippen molar-refractivity contribution in [3.63, 3.8) is 0 Å². The highest BCUT2D eigenvalue weighted by molar-refractivity contribution is 8.00. The molecular weight excluding hydrogens is 358 g/mol. The van der Waals surface area contributed by atoms with Crippen molar-refractivity contribution in [3.05, 3.63) is 47.2 Å². The molecule has 1 aromatic carbocycles. The number of anilines is 1. The van der Waals surface area contributed by atoms with Gasteiger partial charge in [0.05, 0.1) is 12.0 Å². The number of piperidine rings is 1. The van der Waals surface area contributed by atoms with Gasteiger partial charge in [-0.25, -0.2) is 5.43 Å². The molecule has 5 nitrogen and oxygen atoms in total. The summed E-state index contributed by atoms with van der Waals surface area (Å²) in [6, 6.07) is 11.2. The molecule has 1 fully saturated rings. The Kier molecular flexibility index (Phi) is 6.42. The maximum absolute atomic E-state index is 11.8. The van der Waals surface area contributed by atoms with Crippen LogP contribution in [0.2, 0.25) is 5.02 Å². The van der Waals surface area contributed by atoms with E-state index in [1.807, 2.05) is 24.3 Å². The molecule has 0 saturated carbocycles. The van der Waals surface area contributed by atoms with E-state index in [1.54, 1.807) is 12.1 Å². The van der Waals surface area contributed by atoms with Gasteiger partial charge in [0.2, 0.25) is 5.91 Å². The molecule has 0 unspecified atom stereocenters. The molecule has 0 spiro atoms. The van der Waals surface area contributed by atoms with E-state index in [1.165, 1.54) is 37.2 Å². The third kappa shape index (κ3) is 5.54. The largest absolute Gasteiger partial charge is 0.440 e. The Balaban J connectivity index is 1.43. The normalized spacial score (nSPS) is 14.8. The van der Waals surface area contributed by atoms with E-state index in [0.717, 1.165) is 23.9 Å². The molecule has 0 radical (unpaired) electrons. The molecule has 0 bridgehead atoms. The highest BCUT2D eigenvalue weighted by atomic mass is 35.5. The third-order valence-electron chi connectivity index (χ3n) is 3.84. The zero-order chi connectivity index (χ0) is 17.5. The van der Waals surface area contributed by atoms with Crippen molar-refractivity contribution in [2.75, 3.05) is 23.7 Å². The molecule has 2 heterocycles. The van der Waals surface area contributed by atoms with Crippen LogP contribution in [-0.4, -0.2) is 31.0 Å². The molecule has 132 valence electrons. The van der Waals surface area contributed by atoms with Gasteiger partial charge in [-0.3, -0.25) is 4.79 Å². The van der Waals surface area contributed by atoms with Crippen LogP contribution in [0.4, 0.5) is 5.88 Å². The first-order valence-electron chi connectivity index (χ1n) is 8.26. The molecule has 1 aliphatic rings. The van der Waals surface area contributed by atoms with Crippen LogP contribution in [0.25, 0.3) is 0 Å². The number of nitrogens with one attached hydrogen (secondary N) is 1. The predicted molar refractivity (Wildman–Crippen MR) is 103 cm³/mol. The van der Waals surface area contributed by atoms with Gasteiger partial charge in [0.25, 0.3) is 0 Å². The second-order valence-electron chi connectivity index (χ2n) is 5.76. The Morgan fingerprint density at radius 2 is 1.96 bits per heavy atom. The Bertz CT molecular complexity index is 724. The van der Waals surface area contributed by atoms with Gasteiger partial charge >= 0.3 is 0 Å². The van der Waals surface area contributed by atoms with Gasteiger partial charge in [-0.1, -0.05) is 11.6 Å². The minimum Gasteiger partial charge on any atom is -0.440 e. The van der Waals surface area contributed by atoms with Gasteiger partial charge in [-0.15, -0.1) is 11.8 Å². The molecule has 1 aromatic heterocycles. The highest BCUT2D eigenvalue weighted by Gasteiger charge is 2.13. The first-order chi connectivity index (χ1) is 12.2. The summed E-state index contributed by atoms with van der Waals surface area (Å²) in [4.78, 5) is 15.0. The molecule has 25 heavy (non-hydrogen) atoms. The molecule has 1 saturated heterocycles. The number of hydrogen-bond donors (Lipinski definition) is 1. The van der Waals surface area contributed by atoms with Crippen LogP contribution >= 0.6 is 23.4 Å². The predicted octanol–water partition coefficient (Wildman–Crippen LogP) is 4.17. The number of carbonyl (C=O) groups excluding carboxylic acids is 1. The maximum atomic E-state index is 11.8. The molecule has 1 aliphatic heterocycles. The molecule has 0 atom stereocenters. The molecular formula is C18H20ClN3O2S. The lowest BCUT2D eigenvalue weighted by molar-refractivity contribution is -0.118. The van der Waals surface area contributed by atoms with E-state index >= 15 is 0 Å². The zero-order valence-electron chi connectivity index (χ0n) is 13.8. The van der Waals surface area contributed by atoms with Crippen molar-refractivity contribution >= 4 is 41.4 Å². The van der Waals surface area contributed by atoms with Crippen LogP contribution in [0.5, 0.6) is 0 Å². The van der Waals surface area contributed by atoms with E-state index in [9.17, 15) is 4.79 Å². The summed E-state index contributed by atoms with van der Waals surface area (Å²) in [5.74, 6) is 1.62. The Morgan fingerprint density at radius 1 is 1.20 bits per heavy atom. The quantitative estimate of drug-likeness (QED) is 0.466. The molecule has 7 heteroatoms. The van der Waals surface area contributed by atoms with Crippen molar-refractivity contribution in [1.82, 2.24) is 5.43 Å². The number of nitrogens with zero attached hydrogens (tertiary/aromatic N) is 2. The van der Waals surface area contributed by atoms with Crippen molar-refractivity contribution in [3.8, 4) is 0 Å². The average molecular weight is 378 g/mol. The lowest BCUT2D eigenvalue weighted by atomic mass is 10.1. The number of furan rings is 1. The van der Waals surface area contributed by atoms with Crippen molar-refractivity contribution in [2.45, 2.75) is 24.2 Å². The SMILES string of the molecule is O=C(CSc1ccc(Cl)cc1)N/N=C\c1ccc(N2CCCCC2)o1. The van der Waals surface area contributed by atoms with Crippen molar-refractivity contribution in [2.24, 2.45) is 5.10 Å². The molecule has 2 aromatic rings. The second-order valence-corrected chi connectivity index (χ2v) is 7.24. The first kappa shape index (κ1) is 17.9. The van der Waals surface area contributed by atoms with Crippen LogP contribution in [-0.2, 0) is 4.79 Å². The van der Waals surface area contributed by atoms with Gasteiger partial charge < -0.3 is 9.32 Å². The summed E-state index contributed by atoms with van der Waals surface area (Å²) in [7, 11) is 0. The average Bonchev–Trinajstić information content (AvgIpc) is 3.11. The lowest BCUT2D eigenvalue weighted by Crippen LogP contribution is -2.28. The molecule has 0 aliphatic carbocycles. The number of carbonyl (C=O) groups is 1. The van der Waals surface area contributed by atoms with Crippen LogP contribution in [0, 0.1) is 0 Å². The van der Waals surface area contributed by atoms with Gasteiger partial charge in [-0.05, 0) is 49.6 Å². The fourth-order valence-corrected chi connectivity index (χ4v) is 3.39. The van der Waals surface area contributed by atoms with E-state index in [4.69, 9.17) is 16.0 Å². The van der Waals surface area contributed by atoms with E-state index < -0.39 is 0 Å². The Hall–Kier alpha value is -1.92. The maximum Gasteiger partial charge on any atom is 0.250 e. The third-order valence-corrected chi connectivity index (χ3v) is 5.11. The van der Waals surface area contributed by atoms with Crippen molar-refractivity contribution in [1.29, 1.82) is 0 Å². The zero-order valence-corrected chi connectivity index (χ0v) is 15.4. The van der Waals surface area contributed by atoms with Gasteiger partial charge in [0, 0.05) is 29.1 Å². The number of hydrazone groups is 1. The molecule has 3 rings (SSSR count). The van der Waals surface area contributed by atoms with Gasteiger partial charge in [-0.2, -0.15) is 5.10 Å². The topological polar surface area (TPSA) is 57.8 Å². The van der Waals surface area contributed by atoms with Crippen LogP contribution < -0.4 is 10.3 Å². The minimum atomic E-state index is -0.168. The number of rotatable bonds is 6. The summed E-state index contributed by atoms with van der Waals surface area (Å²) >= 11 is 7.26. The number of benzene rings is 1. The first-order valence-corrected chi connectivity index (χ1v) is 9.62.